The van der Waals surface area contributed by atoms with Crippen LogP contribution in [-0.2, 0) is 4.74 Å². The van der Waals surface area contributed by atoms with Gasteiger partial charge in [-0.05, 0) is 31.6 Å². The van der Waals surface area contributed by atoms with E-state index in [9.17, 15) is 4.79 Å². The van der Waals surface area contributed by atoms with Crippen molar-refractivity contribution in [2.45, 2.75) is 46.0 Å². The molecule has 0 radical (unpaired) electrons. The molecule has 1 unspecified atom stereocenters. The van der Waals surface area contributed by atoms with Crippen molar-refractivity contribution in [1.29, 1.82) is 0 Å². The highest BCUT2D eigenvalue weighted by Gasteiger charge is 2.20. The number of ether oxygens (including phenoxy) is 1. The van der Waals surface area contributed by atoms with Gasteiger partial charge in [0.05, 0.1) is 0 Å². The average molecular weight is 256 g/mol. The summed E-state index contributed by atoms with van der Waals surface area (Å²) in [5, 5.41) is 2.97. The summed E-state index contributed by atoms with van der Waals surface area (Å²) < 4.78 is 5.45. The van der Waals surface area contributed by atoms with Crippen LogP contribution in [0.2, 0.25) is 0 Å². The fraction of sp³-hybridized carbons (Fsp3) is 0.929. The van der Waals surface area contributed by atoms with E-state index in [1.807, 2.05) is 4.90 Å². The molecular formula is C14H28N2O2. The maximum Gasteiger partial charge on any atom is 0.317 e. The van der Waals surface area contributed by atoms with Gasteiger partial charge in [0.1, 0.15) is 0 Å². The lowest BCUT2D eigenvalue weighted by molar-refractivity contribution is 0.127. The number of nitrogens with one attached hydrogen (secondary N) is 1. The van der Waals surface area contributed by atoms with E-state index in [1.54, 1.807) is 0 Å². The summed E-state index contributed by atoms with van der Waals surface area (Å²) in [5.41, 5.74) is 0. The van der Waals surface area contributed by atoms with E-state index in [4.69, 9.17) is 4.74 Å². The normalized spacial score (nSPS) is 19.9. The maximum absolute atomic E-state index is 11.9. The van der Waals surface area contributed by atoms with Gasteiger partial charge in [-0.15, -0.1) is 0 Å². The van der Waals surface area contributed by atoms with E-state index in [0.717, 1.165) is 52.1 Å². The highest BCUT2D eigenvalue weighted by atomic mass is 16.5. The Morgan fingerprint density at radius 1 is 1.39 bits per heavy atom. The predicted octanol–water partition coefficient (Wildman–Crippen LogP) is 2.63. The average Bonchev–Trinajstić information content (AvgIpc) is 2.37. The first-order valence-corrected chi connectivity index (χ1v) is 7.34. The number of hydrogen-bond donors (Lipinski definition) is 1. The van der Waals surface area contributed by atoms with Gasteiger partial charge < -0.3 is 15.0 Å². The lowest BCUT2D eigenvalue weighted by Crippen LogP contribution is -2.45. The molecule has 1 fully saturated rings. The molecule has 1 atom stereocenters. The fourth-order valence-corrected chi connectivity index (χ4v) is 2.20. The van der Waals surface area contributed by atoms with Crippen LogP contribution in [0.25, 0.3) is 0 Å². The number of unbranched alkanes of at least 4 members (excludes halogenated alkanes) is 1. The second-order valence-corrected chi connectivity index (χ2v) is 5.24. The van der Waals surface area contributed by atoms with Crippen LogP contribution < -0.4 is 5.32 Å². The molecule has 0 saturated carbocycles. The topological polar surface area (TPSA) is 41.6 Å². The Labute approximate surface area is 111 Å². The molecule has 106 valence electrons. The van der Waals surface area contributed by atoms with Crippen LogP contribution >= 0.6 is 0 Å². The number of carbonyl (C=O) groups excluding carboxylic acids is 1. The summed E-state index contributed by atoms with van der Waals surface area (Å²) >= 11 is 0. The number of rotatable bonds is 7. The van der Waals surface area contributed by atoms with Crippen molar-refractivity contribution in [1.82, 2.24) is 10.2 Å². The number of hydrogen-bond acceptors (Lipinski definition) is 2. The second-order valence-electron chi connectivity index (χ2n) is 5.24. The van der Waals surface area contributed by atoms with Crippen LogP contribution in [0.1, 0.15) is 46.0 Å². The van der Waals surface area contributed by atoms with Crippen LogP contribution in [-0.4, -0.2) is 43.8 Å². The molecule has 1 aliphatic rings. The Bertz CT molecular complexity index is 234. The summed E-state index contributed by atoms with van der Waals surface area (Å²) in [6.45, 7) is 8.48. The van der Waals surface area contributed by atoms with E-state index < -0.39 is 0 Å². The van der Waals surface area contributed by atoms with Crippen LogP contribution in [0.4, 0.5) is 4.79 Å². The monoisotopic (exact) mass is 256 g/mol. The van der Waals surface area contributed by atoms with Gasteiger partial charge in [-0.2, -0.15) is 0 Å². The van der Waals surface area contributed by atoms with Gasteiger partial charge in [-0.3, -0.25) is 0 Å². The predicted molar refractivity (Wildman–Crippen MR) is 73.7 cm³/mol. The van der Waals surface area contributed by atoms with Crippen molar-refractivity contribution in [3.63, 3.8) is 0 Å². The van der Waals surface area contributed by atoms with Crippen LogP contribution in [0.3, 0.4) is 0 Å². The SMILES string of the molecule is CCCCOCCCNC(=O)N1CCCC(C)C1. The number of nitrogens with zero attached hydrogens (tertiary/aromatic N) is 1. The van der Waals surface area contributed by atoms with Gasteiger partial charge in [0, 0.05) is 32.8 Å². The standard InChI is InChI=1S/C14H28N2O2/c1-3-4-10-18-11-6-8-15-14(17)16-9-5-7-13(2)12-16/h13H,3-12H2,1-2H3,(H,15,17). The Morgan fingerprint density at radius 2 is 2.17 bits per heavy atom. The molecule has 0 aromatic heterocycles. The van der Waals surface area contributed by atoms with E-state index in [1.165, 1.54) is 12.8 Å². The minimum absolute atomic E-state index is 0.0927. The minimum atomic E-state index is 0.0927. The van der Waals surface area contributed by atoms with Gasteiger partial charge in [0.2, 0.25) is 0 Å². The second kappa shape index (κ2) is 9.20. The Kier molecular flexibility index (Phi) is 7.81. The van der Waals surface area contributed by atoms with Crippen molar-refractivity contribution in [3.8, 4) is 0 Å². The third-order valence-corrected chi connectivity index (χ3v) is 3.33. The zero-order valence-corrected chi connectivity index (χ0v) is 11.9. The smallest absolute Gasteiger partial charge is 0.317 e. The third kappa shape index (κ3) is 6.24. The molecule has 1 aliphatic heterocycles. The molecule has 0 aromatic rings. The van der Waals surface area contributed by atoms with Gasteiger partial charge >= 0.3 is 6.03 Å². The first kappa shape index (κ1) is 15.3. The van der Waals surface area contributed by atoms with Crippen molar-refractivity contribution in [2.24, 2.45) is 5.92 Å². The quantitative estimate of drug-likeness (QED) is 0.711. The molecule has 1 heterocycles. The van der Waals surface area contributed by atoms with Crippen molar-refractivity contribution in [2.75, 3.05) is 32.8 Å². The zero-order valence-electron chi connectivity index (χ0n) is 11.9. The minimum Gasteiger partial charge on any atom is -0.381 e. The molecule has 4 nitrogen and oxygen atoms in total. The third-order valence-electron chi connectivity index (χ3n) is 3.33. The molecule has 0 aliphatic carbocycles. The van der Waals surface area contributed by atoms with E-state index >= 15 is 0 Å². The van der Waals surface area contributed by atoms with Crippen molar-refractivity contribution in [3.05, 3.63) is 0 Å². The van der Waals surface area contributed by atoms with E-state index in [0.29, 0.717) is 5.92 Å². The Balaban J connectivity index is 1.99. The number of urea groups is 1. The molecule has 1 saturated heterocycles. The summed E-state index contributed by atoms with van der Waals surface area (Å²) in [6, 6.07) is 0.0927. The van der Waals surface area contributed by atoms with E-state index in [-0.39, 0.29) is 6.03 Å². The Hall–Kier alpha value is -0.770. The van der Waals surface area contributed by atoms with Gasteiger partial charge in [0.15, 0.2) is 0 Å². The number of carbonyl (C=O) groups is 1. The molecule has 1 N–H and O–H groups in total. The van der Waals surface area contributed by atoms with Crippen LogP contribution in [0.15, 0.2) is 0 Å². The largest absolute Gasteiger partial charge is 0.381 e. The zero-order chi connectivity index (χ0) is 13.2. The van der Waals surface area contributed by atoms with E-state index in [2.05, 4.69) is 19.2 Å². The fourth-order valence-electron chi connectivity index (χ4n) is 2.20. The molecule has 0 bridgehead atoms. The molecule has 2 amide bonds. The molecule has 0 spiro atoms. The lowest BCUT2D eigenvalue weighted by Gasteiger charge is -2.30. The van der Waals surface area contributed by atoms with Crippen molar-refractivity contribution >= 4 is 6.03 Å². The summed E-state index contributed by atoms with van der Waals surface area (Å²) in [5.74, 6) is 0.641. The molecule has 18 heavy (non-hydrogen) atoms. The number of likely N-dealkylation sites (tertiary alicyclic amines) is 1. The Morgan fingerprint density at radius 3 is 2.89 bits per heavy atom. The van der Waals surface area contributed by atoms with Crippen molar-refractivity contribution < 1.29 is 9.53 Å². The maximum atomic E-state index is 11.9. The summed E-state index contributed by atoms with van der Waals surface area (Å²) in [4.78, 5) is 13.8. The lowest BCUT2D eigenvalue weighted by atomic mass is 10.0. The van der Waals surface area contributed by atoms with Gasteiger partial charge in [-0.1, -0.05) is 20.3 Å². The summed E-state index contributed by atoms with van der Waals surface area (Å²) in [7, 11) is 0. The van der Waals surface area contributed by atoms with Gasteiger partial charge in [0.25, 0.3) is 0 Å². The first-order chi connectivity index (χ1) is 8.74. The van der Waals surface area contributed by atoms with Crippen LogP contribution in [0, 0.1) is 5.92 Å². The van der Waals surface area contributed by atoms with Gasteiger partial charge in [-0.25, -0.2) is 4.79 Å². The van der Waals surface area contributed by atoms with Crippen LogP contribution in [0.5, 0.6) is 0 Å². The molecule has 0 aromatic carbocycles. The molecule has 1 rings (SSSR count). The highest BCUT2D eigenvalue weighted by molar-refractivity contribution is 5.74. The molecule has 4 heteroatoms. The number of amides is 2. The highest BCUT2D eigenvalue weighted by Crippen LogP contribution is 2.15. The molecular weight excluding hydrogens is 228 g/mol. The summed E-state index contributed by atoms with van der Waals surface area (Å²) in [6.07, 6.45) is 5.57. The number of piperidine rings is 1. The first-order valence-electron chi connectivity index (χ1n) is 7.34.